The third-order valence-electron chi connectivity index (χ3n) is 6.58. The second-order valence-corrected chi connectivity index (χ2v) is 12.0. The lowest BCUT2D eigenvalue weighted by Gasteiger charge is -2.21. The van der Waals surface area contributed by atoms with Crippen LogP contribution in [0.2, 0.25) is 10.0 Å². The van der Waals surface area contributed by atoms with Crippen molar-refractivity contribution in [2.24, 2.45) is 5.73 Å². The highest BCUT2D eigenvalue weighted by molar-refractivity contribution is 7.99. The molecule has 9 nitrogen and oxygen atoms in total. The first-order chi connectivity index (χ1) is 20.9. The number of nitrogens with zero attached hydrogens (tertiary/aromatic N) is 2. The molecule has 0 unspecified atom stereocenters. The van der Waals surface area contributed by atoms with Crippen LogP contribution in [0.25, 0.3) is 0 Å². The van der Waals surface area contributed by atoms with Crippen LogP contribution in [0, 0.1) is 0 Å². The summed E-state index contributed by atoms with van der Waals surface area (Å²) >= 11 is 18.0. The zero-order valence-corrected chi connectivity index (χ0v) is 27.2. The molecule has 238 valence electrons. The number of ether oxygens (including phenoxy) is 2. The Morgan fingerprint density at radius 1 is 1.16 bits per heavy atom. The molecule has 0 saturated carbocycles. The SMILES string of the molecule is COCCCN(C=O)c1cc2c(cc1OC)CN(C)C2.NCc1ccc(Cl)c(Sc2cc(C(F)(F)Cl)[nH]c(=O)c2C=O)c1Cl. The molecule has 3 N–H and O–H groups in total. The van der Waals surface area contributed by atoms with Crippen LogP contribution in [0.4, 0.5) is 14.5 Å². The minimum Gasteiger partial charge on any atom is -0.495 e. The standard InChI is InChI=1S/C15H22N2O3.C14H9Cl3F2N2O2S/c1-16-9-12-7-14(15(20-3)8-13(12)10-16)17(11-18)5-4-6-19-2;15-8-2-1-6(4-20)11(16)12(8)24-9-3-10(14(17,18)19)21-13(23)7(9)5-22/h7-8,11H,4-6,9-10H2,1-3H3;1-3,5H,4,20H2,(H,21,23). The fourth-order valence-electron chi connectivity index (χ4n) is 4.41. The number of halogens is 5. The molecule has 1 aliphatic rings. The van der Waals surface area contributed by atoms with Gasteiger partial charge in [-0.3, -0.25) is 19.3 Å². The maximum Gasteiger partial charge on any atom is 0.362 e. The molecule has 0 radical (unpaired) electrons. The lowest BCUT2D eigenvalue weighted by atomic mass is 10.1. The van der Waals surface area contributed by atoms with Gasteiger partial charge in [0.05, 0.1) is 28.4 Å². The van der Waals surface area contributed by atoms with Crippen LogP contribution in [-0.4, -0.2) is 57.0 Å². The van der Waals surface area contributed by atoms with Crippen molar-refractivity contribution in [1.29, 1.82) is 0 Å². The molecule has 0 bridgehead atoms. The summed E-state index contributed by atoms with van der Waals surface area (Å²) < 4.78 is 37.1. The summed E-state index contributed by atoms with van der Waals surface area (Å²) in [5.41, 5.74) is 7.34. The predicted octanol–water partition coefficient (Wildman–Crippen LogP) is 6.03. The first kappa shape index (κ1) is 35.8. The number of alkyl halides is 3. The van der Waals surface area contributed by atoms with Crippen LogP contribution in [0.1, 0.15) is 39.2 Å². The minimum atomic E-state index is -3.80. The summed E-state index contributed by atoms with van der Waals surface area (Å²) in [5.74, 6) is 0.753. The molecule has 2 aromatic carbocycles. The lowest BCUT2D eigenvalue weighted by molar-refractivity contribution is -0.107. The summed E-state index contributed by atoms with van der Waals surface area (Å²) in [6.07, 6.45) is 1.92. The van der Waals surface area contributed by atoms with E-state index < -0.39 is 16.6 Å². The number of aromatic amines is 1. The van der Waals surface area contributed by atoms with Crippen molar-refractivity contribution in [3.05, 3.63) is 78.7 Å². The maximum absolute atomic E-state index is 13.3. The topological polar surface area (TPSA) is 118 Å². The zero-order valence-electron chi connectivity index (χ0n) is 24.1. The van der Waals surface area contributed by atoms with E-state index in [0.29, 0.717) is 23.6 Å². The van der Waals surface area contributed by atoms with Gasteiger partial charge in [0.15, 0.2) is 6.29 Å². The number of rotatable bonds is 12. The van der Waals surface area contributed by atoms with Crippen LogP contribution in [0.3, 0.4) is 0 Å². The summed E-state index contributed by atoms with van der Waals surface area (Å²) in [4.78, 5) is 40.4. The Balaban J connectivity index is 0.000000244. The molecule has 2 heterocycles. The number of aromatic nitrogens is 1. The number of fused-ring (bicyclic) bond motifs is 1. The molecular formula is C29H31Cl3F2N4O5S. The molecule has 0 fully saturated rings. The second kappa shape index (κ2) is 16.0. The molecule has 0 aliphatic carbocycles. The average Bonchev–Trinajstić information content (AvgIpc) is 3.35. The Morgan fingerprint density at radius 2 is 1.84 bits per heavy atom. The van der Waals surface area contributed by atoms with E-state index in [9.17, 15) is 23.2 Å². The van der Waals surface area contributed by atoms with Crippen molar-refractivity contribution < 1.29 is 27.8 Å². The van der Waals surface area contributed by atoms with E-state index >= 15 is 0 Å². The van der Waals surface area contributed by atoms with Gasteiger partial charge in [-0.1, -0.05) is 41.0 Å². The Kier molecular flexibility index (Phi) is 13.0. The Hall–Kier alpha value is -2.71. The fourth-order valence-corrected chi connectivity index (χ4v) is 6.23. The number of methoxy groups -OCH3 is 2. The van der Waals surface area contributed by atoms with E-state index in [4.69, 9.17) is 50.0 Å². The molecule has 0 atom stereocenters. The van der Waals surface area contributed by atoms with Crippen LogP contribution in [0.5, 0.6) is 5.75 Å². The Morgan fingerprint density at radius 3 is 2.41 bits per heavy atom. The number of nitrogens with one attached hydrogen (secondary N) is 1. The molecule has 44 heavy (non-hydrogen) atoms. The van der Waals surface area contributed by atoms with Crippen molar-refractivity contribution in [1.82, 2.24) is 9.88 Å². The molecule has 1 aromatic heterocycles. The summed E-state index contributed by atoms with van der Waals surface area (Å²) in [6.45, 7) is 3.24. The number of carbonyl (C=O) groups is 2. The molecule has 1 amide bonds. The van der Waals surface area contributed by atoms with Crippen LogP contribution in [0.15, 0.2) is 44.9 Å². The van der Waals surface area contributed by atoms with Crippen LogP contribution >= 0.6 is 46.6 Å². The van der Waals surface area contributed by atoms with Gasteiger partial charge in [-0.15, -0.1) is 0 Å². The van der Waals surface area contributed by atoms with Crippen molar-refractivity contribution in [3.63, 3.8) is 0 Å². The van der Waals surface area contributed by atoms with Gasteiger partial charge in [0.1, 0.15) is 11.4 Å². The second-order valence-electron chi connectivity index (χ2n) is 9.67. The van der Waals surface area contributed by atoms with Gasteiger partial charge in [-0.25, -0.2) is 0 Å². The van der Waals surface area contributed by atoms with Crippen molar-refractivity contribution in [2.75, 3.05) is 39.3 Å². The molecule has 15 heteroatoms. The highest BCUT2D eigenvalue weighted by Crippen LogP contribution is 2.42. The summed E-state index contributed by atoms with van der Waals surface area (Å²) in [5, 5.41) is -3.37. The zero-order chi connectivity index (χ0) is 32.6. The minimum absolute atomic E-state index is 0.0537. The number of carbonyl (C=O) groups excluding carboxylic acids is 2. The van der Waals surface area contributed by atoms with Gasteiger partial charge in [0.2, 0.25) is 6.41 Å². The van der Waals surface area contributed by atoms with Crippen molar-refractivity contribution in [3.8, 4) is 5.75 Å². The largest absolute Gasteiger partial charge is 0.495 e. The molecule has 1 aliphatic heterocycles. The van der Waals surface area contributed by atoms with Crippen molar-refractivity contribution >= 4 is 64.9 Å². The van der Waals surface area contributed by atoms with E-state index in [1.165, 1.54) is 17.2 Å². The first-order valence-corrected chi connectivity index (χ1v) is 15.1. The highest BCUT2D eigenvalue weighted by Gasteiger charge is 2.31. The van der Waals surface area contributed by atoms with E-state index in [2.05, 4.69) is 18.0 Å². The number of anilines is 1. The molecular weight excluding hydrogens is 661 g/mol. The summed E-state index contributed by atoms with van der Waals surface area (Å²) in [7, 11) is 5.39. The Labute approximate surface area is 272 Å². The number of hydrogen-bond donors (Lipinski definition) is 2. The maximum atomic E-state index is 13.3. The van der Waals surface area contributed by atoms with E-state index in [1.54, 1.807) is 25.2 Å². The van der Waals surface area contributed by atoms with E-state index in [0.717, 1.165) is 55.2 Å². The van der Waals surface area contributed by atoms with Gasteiger partial charge in [0.25, 0.3) is 5.56 Å². The van der Waals surface area contributed by atoms with Gasteiger partial charge in [0, 0.05) is 49.7 Å². The molecule has 0 spiro atoms. The highest BCUT2D eigenvalue weighted by atomic mass is 35.5. The third kappa shape index (κ3) is 8.72. The van der Waals surface area contributed by atoms with Crippen LogP contribution < -0.4 is 20.9 Å². The number of benzene rings is 2. The smallest absolute Gasteiger partial charge is 0.362 e. The predicted molar refractivity (Wildman–Crippen MR) is 169 cm³/mol. The van der Waals surface area contributed by atoms with Gasteiger partial charge in [-0.05, 0) is 66.0 Å². The Bertz CT molecular complexity index is 1550. The van der Waals surface area contributed by atoms with Crippen LogP contribution in [-0.2, 0) is 34.5 Å². The number of aldehydes is 1. The molecule has 0 saturated heterocycles. The van der Waals surface area contributed by atoms with Gasteiger partial charge >= 0.3 is 5.38 Å². The monoisotopic (exact) mass is 690 g/mol. The number of nitrogens with two attached hydrogens (primary N) is 1. The average molecular weight is 692 g/mol. The fraction of sp³-hybridized carbons (Fsp3) is 0.345. The van der Waals surface area contributed by atoms with Crippen molar-refractivity contribution in [2.45, 2.75) is 41.2 Å². The quantitative estimate of drug-likeness (QED) is 0.134. The lowest BCUT2D eigenvalue weighted by Crippen LogP contribution is -2.24. The molecule has 3 aromatic rings. The van der Waals surface area contributed by atoms with Gasteiger partial charge < -0.3 is 25.1 Å². The summed E-state index contributed by atoms with van der Waals surface area (Å²) in [6, 6.07) is 8.17. The number of hydrogen-bond acceptors (Lipinski definition) is 8. The van der Waals surface area contributed by atoms with E-state index in [1.807, 2.05) is 11.1 Å². The first-order valence-electron chi connectivity index (χ1n) is 13.1. The van der Waals surface area contributed by atoms with Gasteiger partial charge in [-0.2, -0.15) is 8.78 Å². The normalized spacial score (nSPS) is 12.8. The number of amides is 1. The third-order valence-corrected chi connectivity index (χ3v) is 8.94. The number of pyridine rings is 1. The number of H-pyrrole nitrogens is 1. The molecule has 4 rings (SSSR count). The van der Waals surface area contributed by atoms with E-state index in [-0.39, 0.29) is 33.3 Å².